The van der Waals surface area contributed by atoms with Crippen molar-refractivity contribution in [1.82, 2.24) is 19.8 Å². The lowest BCUT2D eigenvalue weighted by Crippen LogP contribution is -2.12. The highest BCUT2D eigenvalue weighted by atomic mass is 35.5. The lowest BCUT2D eigenvalue weighted by Gasteiger charge is -2.05. The fraction of sp³-hybridized carbons (Fsp3) is 0. The maximum Gasteiger partial charge on any atom is 0.263 e. The number of hydrogen-bond donors (Lipinski definition) is 1. The largest absolute Gasteiger partial charge is 0.263 e. The van der Waals surface area contributed by atoms with Crippen LogP contribution in [0.1, 0.15) is 0 Å². The first kappa shape index (κ1) is 13.2. The second-order valence-electron chi connectivity index (χ2n) is 3.76. The molecule has 0 fully saturated rings. The first-order valence-electron chi connectivity index (χ1n) is 5.29. The van der Waals surface area contributed by atoms with Gasteiger partial charge in [0.25, 0.3) is 10.0 Å². The Balaban J connectivity index is 2.03. The second kappa shape index (κ2) is 4.93. The van der Waals surface area contributed by atoms with Crippen LogP contribution in [-0.2, 0) is 10.0 Å². The Morgan fingerprint density at radius 3 is 2.80 bits per heavy atom. The quantitative estimate of drug-likeness (QED) is 0.738. The smallest absolute Gasteiger partial charge is 0.252 e. The first-order chi connectivity index (χ1) is 9.54. The molecule has 3 aromatic rings. The normalized spacial score (nSPS) is 11.7. The topological polar surface area (TPSA) is 97.7 Å². The third kappa shape index (κ3) is 2.55. The zero-order valence-corrected chi connectivity index (χ0v) is 12.1. The molecule has 10 heteroatoms. The van der Waals surface area contributed by atoms with E-state index in [1.54, 1.807) is 18.2 Å². The van der Waals surface area contributed by atoms with Crippen LogP contribution < -0.4 is 4.72 Å². The highest BCUT2D eigenvalue weighted by molar-refractivity contribution is 7.93. The van der Waals surface area contributed by atoms with E-state index in [0.29, 0.717) is 16.1 Å². The summed E-state index contributed by atoms with van der Waals surface area (Å²) in [6, 6.07) is 7.85. The third-order valence-electron chi connectivity index (χ3n) is 2.46. The summed E-state index contributed by atoms with van der Waals surface area (Å²) in [4.78, 5) is 4.20. The van der Waals surface area contributed by atoms with Crippen LogP contribution in [0.3, 0.4) is 0 Å². The van der Waals surface area contributed by atoms with Crippen molar-refractivity contribution < 1.29 is 8.42 Å². The number of fused-ring (bicyclic) bond motifs is 1. The summed E-state index contributed by atoms with van der Waals surface area (Å²) in [5.41, 5.74) is 0.619. The molecule has 0 amide bonds. The maximum absolute atomic E-state index is 12.2. The third-order valence-corrected chi connectivity index (χ3v) is 4.65. The van der Waals surface area contributed by atoms with Crippen molar-refractivity contribution in [2.45, 2.75) is 4.90 Å². The number of nitrogens with zero attached hydrogens (tertiary/aromatic N) is 4. The summed E-state index contributed by atoms with van der Waals surface area (Å²) < 4.78 is 30.1. The molecular formula is C10H6ClN5O2S2. The van der Waals surface area contributed by atoms with Gasteiger partial charge in [0.1, 0.15) is 5.15 Å². The first-order valence-corrected chi connectivity index (χ1v) is 7.92. The van der Waals surface area contributed by atoms with Crippen molar-refractivity contribution in [2.75, 3.05) is 4.72 Å². The Morgan fingerprint density at radius 2 is 2.05 bits per heavy atom. The van der Waals surface area contributed by atoms with Gasteiger partial charge in [-0.3, -0.25) is 4.72 Å². The molecule has 0 atom stereocenters. The maximum atomic E-state index is 12.2. The molecule has 20 heavy (non-hydrogen) atoms. The van der Waals surface area contributed by atoms with E-state index in [2.05, 4.69) is 24.5 Å². The van der Waals surface area contributed by atoms with Gasteiger partial charge in [-0.05, 0) is 35.5 Å². The molecule has 7 nitrogen and oxygen atoms in total. The lowest BCUT2D eigenvalue weighted by molar-refractivity contribution is 0.601. The van der Waals surface area contributed by atoms with E-state index >= 15 is 0 Å². The number of hydrogen-bond acceptors (Lipinski definition) is 7. The van der Waals surface area contributed by atoms with Gasteiger partial charge in [-0.1, -0.05) is 21.2 Å². The SMILES string of the molecule is O=S(=O)(Nc1nnns1)c1ccc2nc(Cl)ccc2c1. The van der Waals surface area contributed by atoms with Gasteiger partial charge < -0.3 is 0 Å². The lowest BCUT2D eigenvalue weighted by atomic mass is 10.2. The molecule has 0 saturated heterocycles. The molecule has 0 unspecified atom stereocenters. The van der Waals surface area contributed by atoms with Crippen molar-refractivity contribution in [1.29, 1.82) is 0 Å². The van der Waals surface area contributed by atoms with Crippen molar-refractivity contribution in [3.05, 3.63) is 35.5 Å². The zero-order chi connectivity index (χ0) is 14.2. The summed E-state index contributed by atoms with van der Waals surface area (Å²) in [6.07, 6.45) is 0. The number of benzene rings is 1. The average Bonchev–Trinajstić information content (AvgIpc) is 2.90. The summed E-state index contributed by atoms with van der Waals surface area (Å²) in [7, 11) is -3.73. The van der Waals surface area contributed by atoms with E-state index in [-0.39, 0.29) is 10.0 Å². The van der Waals surface area contributed by atoms with Crippen LogP contribution >= 0.6 is 23.1 Å². The van der Waals surface area contributed by atoms with Crippen LogP contribution in [0, 0.1) is 0 Å². The Bertz CT molecular complexity index is 866. The van der Waals surface area contributed by atoms with E-state index in [4.69, 9.17) is 11.6 Å². The molecule has 102 valence electrons. The van der Waals surface area contributed by atoms with E-state index in [1.165, 1.54) is 12.1 Å². The van der Waals surface area contributed by atoms with Crippen molar-refractivity contribution in [3.63, 3.8) is 0 Å². The summed E-state index contributed by atoms with van der Waals surface area (Å²) >= 11 is 6.64. The molecule has 0 spiro atoms. The number of pyridine rings is 1. The minimum Gasteiger partial charge on any atom is -0.252 e. The molecule has 1 N–H and O–H groups in total. The fourth-order valence-electron chi connectivity index (χ4n) is 1.59. The van der Waals surface area contributed by atoms with Gasteiger partial charge in [-0.2, -0.15) is 0 Å². The highest BCUT2D eigenvalue weighted by Gasteiger charge is 2.16. The van der Waals surface area contributed by atoms with Crippen LogP contribution in [0.4, 0.5) is 5.13 Å². The minimum atomic E-state index is -3.73. The summed E-state index contributed by atoms with van der Waals surface area (Å²) in [6.45, 7) is 0. The minimum absolute atomic E-state index is 0.101. The molecule has 1 aromatic carbocycles. The predicted molar refractivity (Wildman–Crippen MR) is 75.3 cm³/mol. The highest BCUT2D eigenvalue weighted by Crippen LogP contribution is 2.21. The van der Waals surface area contributed by atoms with Gasteiger partial charge in [-0.25, -0.2) is 13.4 Å². The number of anilines is 1. The van der Waals surface area contributed by atoms with Crippen molar-refractivity contribution in [2.24, 2.45) is 0 Å². The summed E-state index contributed by atoms with van der Waals surface area (Å²) in [5, 5.41) is 8.00. The zero-order valence-electron chi connectivity index (χ0n) is 9.69. The van der Waals surface area contributed by atoms with Crippen LogP contribution in [-0.4, -0.2) is 28.2 Å². The second-order valence-corrected chi connectivity index (χ2v) is 6.56. The Labute approximate surface area is 122 Å². The van der Waals surface area contributed by atoms with E-state index in [1.807, 2.05) is 0 Å². The number of rotatable bonds is 3. The molecule has 0 saturated carbocycles. The van der Waals surface area contributed by atoms with Gasteiger partial charge in [0, 0.05) is 16.9 Å². The molecule has 2 heterocycles. The van der Waals surface area contributed by atoms with E-state index in [0.717, 1.165) is 11.5 Å². The van der Waals surface area contributed by atoms with Crippen LogP contribution in [0.25, 0.3) is 10.9 Å². The monoisotopic (exact) mass is 327 g/mol. The van der Waals surface area contributed by atoms with Crippen LogP contribution in [0.15, 0.2) is 35.2 Å². The summed E-state index contributed by atoms with van der Waals surface area (Å²) in [5.74, 6) is 0. The molecule has 0 radical (unpaired) electrons. The van der Waals surface area contributed by atoms with E-state index in [9.17, 15) is 8.42 Å². The van der Waals surface area contributed by atoms with Crippen molar-refractivity contribution >= 4 is 49.2 Å². The van der Waals surface area contributed by atoms with Gasteiger partial charge in [0.15, 0.2) is 0 Å². The molecule has 0 aliphatic carbocycles. The molecule has 0 aliphatic rings. The molecule has 0 aliphatic heterocycles. The van der Waals surface area contributed by atoms with E-state index < -0.39 is 10.0 Å². The molecule has 3 rings (SSSR count). The molecule has 0 bridgehead atoms. The molecule has 2 aromatic heterocycles. The Kier molecular flexibility index (Phi) is 3.24. The van der Waals surface area contributed by atoms with Gasteiger partial charge in [0.2, 0.25) is 5.13 Å². The van der Waals surface area contributed by atoms with Gasteiger partial charge in [0.05, 0.1) is 10.4 Å². The Morgan fingerprint density at radius 1 is 1.20 bits per heavy atom. The number of aromatic nitrogens is 4. The number of halogens is 1. The van der Waals surface area contributed by atoms with Gasteiger partial charge in [-0.15, -0.1) is 0 Å². The predicted octanol–water partition coefficient (Wildman–Crippen LogP) is 1.94. The van der Waals surface area contributed by atoms with Gasteiger partial charge >= 0.3 is 0 Å². The Hall–Kier alpha value is -1.84. The number of sulfonamides is 1. The fourth-order valence-corrected chi connectivity index (χ4v) is 3.37. The average molecular weight is 328 g/mol. The number of nitrogens with one attached hydrogen (secondary N) is 1. The van der Waals surface area contributed by atoms with Crippen LogP contribution in [0.2, 0.25) is 5.15 Å². The standard InChI is InChI=1S/C10H6ClN5O2S2/c11-9-4-1-6-5-7(2-3-8(6)12-9)20(17,18)14-10-13-15-16-19-10/h1-5H,(H,13,14,16). The van der Waals surface area contributed by atoms with Crippen LogP contribution in [0.5, 0.6) is 0 Å². The molecular weight excluding hydrogens is 322 g/mol. The van der Waals surface area contributed by atoms with Crippen molar-refractivity contribution in [3.8, 4) is 0 Å².